The summed E-state index contributed by atoms with van der Waals surface area (Å²) in [7, 11) is 4.37. The third-order valence-electron chi connectivity index (χ3n) is 5.74. The summed E-state index contributed by atoms with van der Waals surface area (Å²) in [5.74, 6) is -0.717. The Morgan fingerprint density at radius 3 is 2.30 bits per heavy atom. The summed E-state index contributed by atoms with van der Waals surface area (Å²) < 4.78 is 39.4. The topological polar surface area (TPSA) is 86.4 Å². The van der Waals surface area contributed by atoms with E-state index < -0.39 is 17.3 Å². The van der Waals surface area contributed by atoms with E-state index in [4.69, 9.17) is 15.2 Å². The zero-order valence-electron chi connectivity index (χ0n) is 20.5. The molecule has 2 N–H and O–H groups in total. The predicted octanol–water partition coefficient (Wildman–Crippen LogP) is 5.72. The van der Waals surface area contributed by atoms with E-state index in [2.05, 4.69) is 41.7 Å². The number of aliphatic imine (C=N–C) groups is 1. The van der Waals surface area contributed by atoms with Gasteiger partial charge in [-0.25, -0.2) is 18.8 Å². The van der Waals surface area contributed by atoms with E-state index in [9.17, 15) is 13.6 Å². The summed E-state index contributed by atoms with van der Waals surface area (Å²) in [6, 6.07) is 15.3. The van der Waals surface area contributed by atoms with Gasteiger partial charge in [-0.05, 0) is 80.2 Å². The van der Waals surface area contributed by atoms with Gasteiger partial charge in [0, 0.05) is 12.6 Å². The first-order valence-electron chi connectivity index (χ1n) is 10.9. The highest BCUT2D eigenvalue weighted by Gasteiger charge is 2.42. The second-order valence-electron chi connectivity index (χ2n) is 7.97. The number of rotatable bonds is 5. The molecule has 1 heterocycles. The highest BCUT2D eigenvalue weighted by molar-refractivity contribution is 9.10. The second-order valence-corrected chi connectivity index (χ2v) is 9.68. The molecule has 3 aromatic carbocycles. The van der Waals surface area contributed by atoms with Gasteiger partial charge < -0.3 is 15.2 Å². The maximum Gasteiger partial charge on any atom is 0.283 e. The summed E-state index contributed by atoms with van der Waals surface area (Å²) in [5, 5.41) is 0.963. The minimum Gasteiger partial charge on any atom is -0.496 e. The molecule has 1 aliphatic heterocycles. The molecule has 0 aliphatic carbocycles. The lowest BCUT2D eigenvalue weighted by atomic mass is 9.83. The van der Waals surface area contributed by atoms with Gasteiger partial charge in [-0.1, -0.05) is 24.3 Å². The third-order valence-corrected chi connectivity index (χ3v) is 6.97. The number of carbonyl (C=O) groups is 1. The number of methoxy groups -OCH3 is 1. The van der Waals surface area contributed by atoms with Crippen molar-refractivity contribution in [3.8, 4) is 5.75 Å². The van der Waals surface area contributed by atoms with Crippen molar-refractivity contribution in [3.63, 3.8) is 0 Å². The van der Waals surface area contributed by atoms with E-state index in [-0.39, 0.29) is 28.5 Å². The van der Waals surface area contributed by atoms with Crippen LogP contribution in [0.1, 0.15) is 27.0 Å². The molecule has 0 saturated heterocycles. The van der Waals surface area contributed by atoms with E-state index in [0.717, 1.165) is 21.9 Å². The first-order valence-corrected chi connectivity index (χ1v) is 12.5. The summed E-state index contributed by atoms with van der Waals surface area (Å²) in [5.41, 5.74) is 6.85. The molecule has 196 valence electrons. The zero-order chi connectivity index (χ0) is 27.3. The van der Waals surface area contributed by atoms with E-state index in [1.807, 2.05) is 25.1 Å². The molecule has 0 aromatic heterocycles. The molecule has 11 heteroatoms. The van der Waals surface area contributed by atoms with Gasteiger partial charge in [0.2, 0.25) is 0 Å². The number of nitrogens with zero attached hydrogens (tertiary/aromatic N) is 2. The average molecular weight is 641 g/mol. The number of halogens is 4. The van der Waals surface area contributed by atoms with Crippen LogP contribution in [0.25, 0.3) is 0 Å². The van der Waals surface area contributed by atoms with Crippen LogP contribution in [0.5, 0.6) is 5.75 Å². The molecule has 1 unspecified atom stereocenters. The Balaban J connectivity index is 0.000000233. The molecule has 0 bridgehead atoms. The number of hydroxylamine groups is 2. The minimum atomic E-state index is -1.00. The van der Waals surface area contributed by atoms with Crippen LogP contribution in [-0.2, 0) is 15.1 Å². The lowest BCUT2D eigenvalue weighted by molar-refractivity contribution is -0.0759. The molecule has 37 heavy (non-hydrogen) atoms. The molecule has 0 spiro atoms. The summed E-state index contributed by atoms with van der Waals surface area (Å²) in [4.78, 5) is 20.6. The number of hydrogen-bond acceptors (Lipinski definition) is 6. The van der Waals surface area contributed by atoms with Gasteiger partial charge in [0.05, 0.1) is 28.7 Å². The van der Waals surface area contributed by atoms with E-state index >= 15 is 0 Å². The van der Waals surface area contributed by atoms with E-state index in [0.29, 0.717) is 10.0 Å². The van der Waals surface area contributed by atoms with Crippen molar-refractivity contribution in [2.45, 2.75) is 12.5 Å². The first-order chi connectivity index (χ1) is 17.5. The molecule has 3 aromatic rings. The Morgan fingerprint density at radius 2 is 1.73 bits per heavy atom. The van der Waals surface area contributed by atoms with Crippen molar-refractivity contribution in [1.82, 2.24) is 5.06 Å². The van der Waals surface area contributed by atoms with Crippen LogP contribution in [0, 0.1) is 18.6 Å². The SMILES string of the molecule is CON(C)C(=O)c1cccc(Br)c1F.COc1ccc(C2(c3cccc(Br)c3F)COC(N)=N2)cc1C. The molecule has 0 saturated carbocycles. The average Bonchev–Trinajstić information content (AvgIpc) is 3.29. The second kappa shape index (κ2) is 12.0. The predicted molar refractivity (Wildman–Crippen MR) is 143 cm³/mol. The molecule has 1 atom stereocenters. The van der Waals surface area contributed by atoms with Crippen molar-refractivity contribution >= 4 is 43.8 Å². The van der Waals surface area contributed by atoms with Gasteiger partial charge in [-0.3, -0.25) is 9.63 Å². The Labute approximate surface area is 230 Å². The van der Waals surface area contributed by atoms with Gasteiger partial charge in [-0.15, -0.1) is 0 Å². The van der Waals surface area contributed by atoms with Crippen LogP contribution < -0.4 is 10.5 Å². The third kappa shape index (κ3) is 5.94. The number of benzene rings is 3. The van der Waals surface area contributed by atoms with Crippen molar-refractivity contribution < 1.29 is 27.9 Å². The maximum atomic E-state index is 14.7. The van der Waals surface area contributed by atoms with Crippen molar-refractivity contribution in [2.24, 2.45) is 10.7 Å². The van der Waals surface area contributed by atoms with E-state index in [1.54, 1.807) is 31.4 Å². The minimum absolute atomic E-state index is 0.0243. The number of aryl methyl sites for hydroxylation is 1. The standard InChI is InChI=1S/C17H16BrFN2O2.C9H9BrFNO2/c1-10-8-11(6-7-14(10)22-2)17(9-23-16(20)21-17)12-4-3-5-13(18)15(12)19;1-12(14-2)9(13)6-4-3-5-7(10)8(6)11/h3-8H,9H2,1-2H3,(H2,20,21);3-5H,1-2H3. The molecule has 1 amide bonds. The van der Waals surface area contributed by atoms with Gasteiger partial charge >= 0.3 is 0 Å². The fraction of sp³-hybridized carbons (Fsp3) is 0.231. The number of amidine groups is 1. The lowest BCUT2D eigenvalue weighted by Gasteiger charge is -2.26. The van der Waals surface area contributed by atoms with Crippen molar-refractivity contribution in [2.75, 3.05) is 27.9 Å². The number of hydrogen-bond donors (Lipinski definition) is 1. The number of ether oxygens (including phenoxy) is 2. The molecule has 0 fully saturated rings. The fourth-order valence-electron chi connectivity index (χ4n) is 3.75. The largest absolute Gasteiger partial charge is 0.496 e. The maximum absolute atomic E-state index is 14.7. The van der Waals surface area contributed by atoms with Crippen LogP contribution in [0.15, 0.2) is 68.5 Å². The lowest BCUT2D eigenvalue weighted by Crippen LogP contribution is -2.28. The number of carbonyl (C=O) groups excluding carboxylic acids is 1. The summed E-state index contributed by atoms with van der Waals surface area (Å²) in [6.07, 6.45) is 0. The number of nitrogens with two attached hydrogens (primary N) is 1. The zero-order valence-corrected chi connectivity index (χ0v) is 23.7. The van der Waals surface area contributed by atoms with Gasteiger partial charge in [0.15, 0.2) is 5.54 Å². The van der Waals surface area contributed by atoms with Crippen LogP contribution in [0.2, 0.25) is 0 Å². The normalized spacial score (nSPS) is 16.3. The first kappa shape index (κ1) is 28.5. The molecule has 0 radical (unpaired) electrons. The Bertz CT molecular complexity index is 1340. The van der Waals surface area contributed by atoms with Gasteiger partial charge in [-0.2, -0.15) is 0 Å². The van der Waals surface area contributed by atoms with Crippen LogP contribution in [-0.4, -0.2) is 44.9 Å². The highest BCUT2D eigenvalue weighted by atomic mass is 79.9. The van der Waals surface area contributed by atoms with Crippen LogP contribution >= 0.6 is 31.9 Å². The van der Waals surface area contributed by atoms with Crippen LogP contribution in [0.4, 0.5) is 8.78 Å². The van der Waals surface area contributed by atoms with Crippen LogP contribution in [0.3, 0.4) is 0 Å². The Kier molecular flexibility index (Phi) is 9.27. The van der Waals surface area contributed by atoms with Crippen molar-refractivity contribution in [1.29, 1.82) is 0 Å². The molecular weight excluding hydrogens is 616 g/mol. The fourth-order valence-corrected chi connectivity index (χ4v) is 4.49. The van der Waals surface area contributed by atoms with Gasteiger partial charge in [0.1, 0.15) is 24.0 Å². The van der Waals surface area contributed by atoms with Gasteiger partial charge in [0.25, 0.3) is 11.9 Å². The molecule has 7 nitrogen and oxygen atoms in total. The van der Waals surface area contributed by atoms with Crippen molar-refractivity contribution in [3.05, 3.63) is 97.4 Å². The Hall–Kier alpha value is -3.02. The summed E-state index contributed by atoms with van der Waals surface area (Å²) >= 11 is 6.23. The summed E-state index contributed by atoms with van der Waals surface area (Å²) in [6.45, 7) is 2.08. The quantitative estimate of drug-likeness (QED) is 0.361. The monoisotopic (exact) mass is 639 g/mol. The molecule has 4 rings (SSSR count). The smallest absolute Gasteiger partial charge is 0.283 e. The molecule has 1 aliphatic rings. The molecular formula is C26H25Br2F2N3O4. The Morgan fingerprint density at radius 1 is 1.08 bits per heavy atom. The number of amides is 1. The van der Waals surface area contributed by atoms with E-state index in [1.165, 1.54) is 26.3 Å². The highest BCUT2D eigenvalue weighted by Crippen LogP contribution is 2.41.